The van der Waals surface area contributed by atoms with Crippen LogP contribution in [0.2, 0.25) is 0 Å². The molecular weight excluding hydrogens is 180 g/mol. The molecule has 0 rings (SSSR count). The summed E-state index contributed by atoms with van der Waals surface area (Å²) in [6.45, 7) is 9.01. The monoisotopic (exact) mass is 202 g/mol. The van der Waals surface area contributed by atoms with Crippen molar-refractivity contribution in [2.24, 2.45) is 5.41 Å². The van der Waals surface area contributed by atoms with E-state index in [2.05, 4.69) is 13.2 Å². The Hall–Kier alpha value is -0.640. The maximum atomic E-state index is 8.98. The summed E-state index contributed by atoms with van der Waals surface area (Å²) in [5.74, 6) is 0. The van der Waals surface area contributed by atoms with E-state index < -0.39 is 5.41 Å². The molecule has 3 nitrogen and oxygen atoms in total. The van der Waals surface area contributed by atoms with Crippen LogP contribution in [-0.4, -0.2) is 35.1 Å². The maximum Gasteiger partial charge on any atom is 0.0515 e. The van der Waals surface area contributed by atoms with Gasteiger partial charge >= 0.3 is 0 Å². The highest BCUT2D eigenvalue weighted by Crippen LogP contribution is 2.25. The largest absolute Gasteiger partial charge is 0.397 e. The predicted octanol–water partition coefficient (Wildman–Crippen LogP) is 1.11. The molecule has 0 aliphatic rings. The fraction of sp³-hybridized carbons (Fsp3) is 0.636. The second-order valence-electron chi connectivity index (χ2n) is 3.12. The van der Waals surface area contributed by atoms with Gasteiger partial charge < -0.3 is 15.3 Å². The average molecular weight is 202 g/mol. The molecule has 0 aliphatic carbocycles. The van der Waals surface area contributed by atoms with Gasteiger partial charge in [0.1, 0.15) is 0 Å². The molecule has 0 heterocycles. The Bertz CT molecular complexity index is 127. The third-order valence-electron chi connectivity index (χ3n) is 1.83. The molecule has 0 bridgehead atoms. The van der Waals surface area contributed by atoms with Gasteiger partial charge in [0, 0.05) is 12.0 Å². The van der Waals surface area contributed by atoms with Crippen molar-refractivity contribution in [1.29, 1.82) is 0 Å². The van der Waals surface area contributed by atoms with E-state index in [9.17, 15) is 0 Å². The van der Waals surface area contributed by atoms with E-state index in [1.807, 2.05) is 0 Å². The molecule has 0 amide bonds. The van der Waals surface area contributed by atoms with Crippen LogP contribution < -0.4 is 0 Å². The lowest BCUT2D eigenvalue weighted by Crippen LogP contribution is -2.28. The lowest BCUT2D eigenvalue weighted by Gasteiger charge is -2.26. The van der Waals surface area contributed by atoms with Gasteiger partial charge in [-0.05, 0) is 19.8 Å². The summed E-state index contributed by atoms with van der Waals surface area (Å²) >= 11 is 0. The zero-order valence-corrected chi connectivity index (χ0v) is 8.95. The Morgan fingerprint density at radius 2 is 1.29 bits per heavy atom. The Labute approximate surface area is 86.4 Å². The van der Waals surface area contributed by atoms with Crippen molar-refractivity contribution >= 4 is 0 Å². The molecule has 0 saturated heterocycles. The van der Waals surface area contributed by atoms with Gasteiger partial charge in [-0.2, -0.15) is 0 Å². The number of aliphatic hydroxyl groups is 3. The topological polar surface area (TPSA) is 60.7 Å². The van der Waals surface area contributed by atoms with E-state index >= 15 is 0 Å². The fourth-order valence-corrected chi connectivity index (χ4v) is 1.00. The number of hydrogen-bond acceptors (Lipinski definition) is 3. The fourth-order valence-electron chi connectivity index (χ4n) is 1.00. The molecule has 3 heteroatoms. The molecule has 84 valence electrons. The van der Waals surface area contributed by atoms with Gasteiger partial charge in [0.15, 0.2) is 0 Å². The first kappa shape index (κ1) is 15.8. The van der Waals surface area contributed by atoms with Crippen LogP contribution >= 0.6 is 0 Å². The molecule has 0 saturated carbocycles. The smallest absolute Gasteiger partial charge is 0.0515 e. The highest BCUT2D eigenvalue weighted by molar-refractivity contribution is 4.90. The molecule has 0 radical (unpaired) electrons. The predicted molar refractivity (Wildman–Crippen MR) is 59.0 cm³/mol. The Morgan fingerprint density at radius 1 is 1.00 bits per heavy atom. The molecule has 0 fully saturated rings. The summed E-state index contributed by atoms with van der Waals surface area (Å²) in [7, 11) is 0. The van der Waals surface area contributed by atoms with E-state index in [1.165, 1.54) is 0 Å². The zero-order chi connectivity index (χ0) is 11.4. The minimum atomic E-state index is -0.441. The first-order chi connectivity index (χ1) is 6.66. The molecular formula is C11H22O3. The van der Waals surface area contributed by atoms with Crippen LogP contribution in [-0.2, 0) is 0 Å². The highest BCUT2D eigenvalue weighted by atomic mass is 16.3. The lowest BCUT2D eigenvalue weighted by atomic mass is 9.83. The molecule has 0 spiro atoms. The zero-order valence-electron chi connectivity index (χ0n) is 8.95. The van der Waals surface area contributed by atoms with Gasteiger partial charge in [-0.1, -0.05) is 12.2 Å². The number of rotatable bonds is 6. The SMILES string of the molecule is C=CCC(CO)(CO)CC=C.CCO. The Kier molecular flexibility index (Phi) is 11.8. The van der Waals surface area contributed by atoms with Crippen molar-refractivity contribution in [3.63, 3.8) is 0 Å². The summed E-state index contributed by atoms with van der Waals surface area (Å²) < 4.78 is 0. The third-order valence-corrected chi connectivity index (χ3v) is 1.83. The van der Waals surface area contributed by atoms with Crippen LogP contribution in [0.1, 0.15) is 19.8 Å². The molecule has 0 aromatic carbocycles. The van der Waals surface area contributed by atoms with Crippen molar-refractivity contribution in [2.45, 2.75) is 19.8 Å². The number of allylic oxidation sites excluding steroid dienone is 2. The summed E-state index contributed by atoms with van der Waals surface area (Å²) in [5.41, 5.74) is -0.441. The van der Waals surface area contributed by atoms with Crippen molar-refractivity contribution in [2.75, 3.05) is 19.8 Å². The lowest BCUT2D eigenvalue weighted by molar-refractivity contribution is 0.0594. The number of hydrogen-bond donors (Lipinski definition) is 3. The first-order valence-electron chi connectivity index (χ1n) is 4.70. The Morgan fingerprint density at radius 3 is 1.43 bits per heavy atom. The first-order valence-corrected chi connectivity index (χ1v) is 4.70. The summed E-state index contributed by atoms with van der Waals surface area (Å²) in [4.78, 5) is 0. The molecule has 14 heavy (non-hydrogen) atoms. The van der Waals surface area contributed by atoms with Crippen LogP contribution in [0.3, 0.4) is 0 Å². The Balaban J connectivity index is 0. The van der Waals surface area contributed by atoms with Crippen molar-refractivity contribution in [3.8, 4) is 0 Å². The van der Waals surface area contributed by atoms with E-state index in [4.69, 9.17) is 15.3 Å². The van der Waals surface area contributed by atoms with Crippen LogP contribution in [0.15, 0.2) is 25.3 Å². The van der Waals surface area contributed by atoms with Crippen molar-refractivity contribution in [1.82, 2.24) is 0 Å². The van der Waals surface area contributed by atoms with Gasteiger partial charge in [-0.3, -0.25) is 0 Å². The van der Waals surface area contributed by atoms with Gasteiger partial charge in [0.2, 0.25) is 0 Å². The van der Waals surface area contributed by atoms with Crippen LogP contribution in [0, 0.1) is 5.41 Å². The average Bonchev–Trinajstić information content (AvgIpc) is 2.19. The molecule has 0 unspecified atom stereocenters. The summed E-state index contributed by atoms with van der Waals surface area (Å²) in [6, 6.07) is 0. The van der Waals surface area contributed by atoms with Crippen molar-refractivity contribution < 1.29 is 15.3 Å². The van der Waals surface area contributed by atoms with E-state index in [-0.39, 0.29) is 19.8 Å². The molecule has 0 aromatic heterocycles. The maximum absolute atomic E-state index is 8.98. The quantitative estimate of drug-likeness (QED) is 0.565. The van der Waals surface area contributed by atoms with E-state index in [0.717, 1.165) is 0 Å². The van der Waals surface area contributed by atoms with Gasteiger partial charge in [-0.25, -0.2) is 0 Å². The van der Waals surface area contributed by atoms with Crippen molar-refractivity contribution in [3.05, 3.63) is 25.3 Å². The van der Waals surface area contributed by atoms with Crippen LogP contribution in [0.4, 0.5) is 0 Å². The summed E-state index contributed by atoms with van der Waals surface area (Å²) in [5, 5.41) is 25.5. The standard InChI is InChI=1S/C9H16O2.C2H6O/c1-3-5-9(7-10,8-11)6-4-2;1-2-3/h3-4,10-11H,1-2,5-8H2;3H,2H2,1H3. The number of aliphatic hydroxyl groups excluding tert-OH is 3. The normalized spacial score (nSPS) is 10.0. The molecule has 0 aliphatic heterocycles. The molecule has 0 aromatic rings. The summed E-state index contributed by atoms with van der Waals surface area (Å²) in [6.07, 6.45) is 4.64. The third kappa shape index (κ3) is 6.83. The van der Waals surface area contributed by atoms with Crippen LogP contribution in [0.25, 0.3) is 0 Å². The van der Waals surface area contributed by atoms with Gasteiger partial charge in [0.05, 0.1) is 13.2 Å². The van der Waals surface area contributed by atoms with Gasteiger partial charge in [-0.15, -0.1) is 13.2 Å². The molecule has 3 N–H and O–H groups in total. The minimum Gasteiger partial charge on any atom is -0.397 e. The van der Waals surface area contributed by atoms with E-state index in [0.29, 0.717) is 12.8 Å². The van der Waals surface area contributed by atoms with Gasteiger partial charge in [0.25, 0.3) is 0 Å². The highest BCUT2D eigenvalue weighted by Gasteiger charge is 2.25. The second kappa shape index (κ2) is 10.4. The molecule has 0 atom stereocenters. The minimum absolute atomic E-state index is 0.0263. The van der Waals surface area contributed by atoms with E-state index in [1.54, 1.807) is 19.1 Å². The second-order valence-corrected chi connectivity index (χ2v) is 3.12. The van der Waals surface area contributed by atoms with Crippen LogP contribution in [0.5, 0.6) is 0 Å².